The van der Waals surface area contributed by atoms with Gasteiger partial charge in [0.15, 0.2) is 11.5 Å². The molecule has 0 unspecified atom stereocenters. The van der Waals surface area contributed by atoms with Crippen molar-refractivity contribution >= 4 is 23.1 Å². The van der Waals surface area contributed by atoms with Crippen molar-refractivity contribution in [1.82, 2.24) is 19.7 Å². The van der Waals surface area contributed by atoms with E-state index >= 15 is 0 Å². The molecule has 0 spiro atoms. The van der Waals surface area contributed by atoms with Gasteiger partial charge in [-0.15, -0.1) is 0 Å². The molecule has 4 rings (SSSR count). The Bertz CT molecular complexity index is 1190. The molecule has 2 aromatic heterocycles. The van der Waals surface area contributed by atoms with Crippen molar-refractivity contribution in [3.63, 3.8) is 0 Å². The quantitative estimate of drug-likeness (QED) is 0.398. The highest BCUT2D eigenvalue weighted by Gasteiger charge is 2.16. The van der Waals surface area contributed by atoms with Gasteiger partial charge in [-0.2, -0.15) is 10.2 Å². The predicted octanol–water partition coefficient (Wildman–Crippen LogP) is 3.97. The highest BCUT2D eigenvalue weighted by atomic mass is 19.1. The molecule has 1 N–H and O–H groups in total. The van der Waals surface area contributed by atoms with Gasteiger partial charge < -0.3 is 4.74 Å². The molecule has 0 aliphatic heterocycles. The van der Waals surface area contributed by atoms with Crippen molar-refractivity contribution in [2.24, 2.45) is 5.10 Å². The zero-order chi connectivity index (χ0) is 20.2. The van der Waals surface area contributed by atoms with Crippen LogP contribution >= 0.6 is 0 Å². The molecule has 7 nitrogen and oxygen atoms in total. The standard InChI is InChI=1S/C21H19FN6O/c1-3-18-19-20(26-25-12-14-6-4-7-15(22)10-14)23-13-24-21(19)28(27-18)16-8-5-9-17(11-16)29-2/h4-13H,3H2,1-2H3,(H,23,24,26). The first-order chi connectivity index (χ1) is 14.2. The molecule has 0 saturated heterocycles. The summed E-state index contributed by atoms with van der Waals surface area (Å²) in [6, 6.07) is 13.8. The Labute approximate surface area is 166 Å². The maximum atomic E-state index is 13.3. The summed E-state index contributed by atoms with van der Waals surface area (Å²) in [5.41, 5.74) is 5.92. The fraction of sp³-hybridized carbons (Fsp3) is 0.143. The number of fused-ring (bicyclic) bond motifs is 1. The van der Waals surface area contributed by atoms with E-state index in [1.807, 2.05) is 31.2 Å². The first kappa shape index (κ1) is 18.5. The molecule has 0 bridgehead atoms. The third kappa shape index (κ3) is 3.77. The van der Waals surface area contributed by atoms with Gasteiger partial charge in [-0.05, 0) is 36.2 Å². The summed E-state index contributed by atoms with van der Waals surface area (Å²) in [7, 11) is 1.62. The van der Waals surface area contributed by atoms with Crippen molar-refractivity contribution in [3.8, 4) is 11.4 Å². The van der Waals surface area contributed by atoms with Crippen LogP contribution < -0.4 is 10.2 Å². The average molecular weight is 390 g/mol. The lowest BCUT2D eigenvalue weighted by Gasteiger charge is -2.06. The monoisotopic (exact) mass is 390 g/mol. The number of hydrogen-bond acceptors (Lipinski definition) is 6. The van der Waals surface area contributed by atoms with Crippen LogP contribution in [0.25, 0.3) is 16.7 Å². The van der Waals surface area contributed by atoms with Crippen molar-refractivity contribution < 1.29 is 9.13 Å². The molecule has 146 valence electrons. The molecule has 8 heteroatoms. The molecule has 0 atom stereocenters. The number of rotatable bonds is 6. The number of aryl methyl sites for hydroxylation is 1. The van der Waals surface area contributed by atoms with Crippen molar-refractivity contribution in [3.05, 3.63) is 71.9 Å². The van der Waals surface area contributed by atoms with Gasteiger partial charge in [0.25, 0.3) is 0 Å². The summed E-state index contributed by atoms with van der Waals surface area (Å²) in [6.45, 7) is 2.02. The lowest BCUT2D eigenvalue weighted by Crippen LogP contribution is -2.00. The van der Waals surface area contributed by atoms with Gasteiger partial charge in [-0.3, -0.25) is 5.43 Å². The second kappa shape index (κ2) is 8.05. The SMILES string of the molecule is CCc1nn(-c2cccc(OC)c2)c2ncnc(NN=Cc3cccc(F)c3)c12. The van der Waals surface area contributed by atoms with E-state index in [1.54, 1.807) is 23.9 Å². The number of nitrogens with one attached hydrogen (secondary N) is 1. The van der Waals surface area contributed by atoms with Crippen LogP contribution in [0.4, 0.5) is 10.2 Å². The molecular weight excluding hydrogens is 371 g/mol. The second-order valence-corrected chi connectivity index (χ2v) is 6.26. The predicted molar refractivity (Wildman–Crippen MR) is 110 cm³/mol. The van der Waals surface area contributed by atoms with E-state index < -0.39 is 0 Å². The first-order valence-electron chi connectivity index (χ1n) is 9.11. The molecule has 29 heavy (non-hydrogen) atoms. The van der Waals surface area contributed by atoms with Gasteiger partial charge in [0.1, 0.15) is 17.9 Å². The van der Waals surface area contributed by atoms with E-state index in [9.17, 15) is 4.39 Å². The molecule has 0 saturated carbocycles. The summed E-state index contributed by atoms with van der Waals surface area (Å²) >= 11 is 0. The van der Waals surface area contributed by atoms with Gasteiger partial charge in [0.2, 0.25) is 0 Å². The fourth-order valence-electron chi connectivity index (χ4n) is 3.03. The summed E-state index contributed by atoms with van der Waals surface area (Å²) in [4.78, 5) is 8.74. The zero-order valence-electron chi connectivity index (χ0n) is 16.0. The van der Waals surface area contributed by atoms with E-state index in [4.69, 9.17) is 9.84 Å². The van der Waals surface area contributed by atoms with Crippen molar-refractivity contribution in [1.29, 1.82) is 0 Å². The molecule has 0 fully saturated rings. The Balaban J connectivity index is 1.73. The minimum absolute atomic E-state index is 0.314. The van der Waals surface area contributed by atoms with Gasteiger partial charge in [-0.25, -0.2) is 19.0 Å². The van der Waals surface area contributed by atoms with Gasteiger partial charge in [-0.1, -0.05) is 25.1 Å². The molecule has 2 heterocycles. The van der Waals surface area contributed by atoms with Crippen LogP contribution in [0.2, 0.25) is 0 Å². The number of hydrogen-bond donors (Lipinski definition) is 1. The normalized spacial score (nSPS) is 11.3. The van der Waals surface area contributed by atoms with E-state index in [1.165, 1.54) is 24.7 Å². The number of anilines is 1. The Hall–Kier alpha value is -3.81. The summed E-state index contributed by atoms with van der Waals surface area (Å²) in [5, 5.41) is 9.69. The topological polar surface area (TPSA) is 77.2 Å². The smallest absolute Gasteiger partial charge is 0.168 e. The van der Waals surface area contributed by atoms with Gasteiger partial charge in [0.05, 0.1) is 30.1 Å². The Morgan fingerprint density at radius 3 is 2.83 bits per heavy atom. The van der Waals surface area contributed by atoms with Gasteiger partial charge >= 0.3 is 0 Å². The number of hydrazone groups is 1. The Kier molecular flexibility index (Phi) is 5.15. The molecule has 4 aromatic rings. The van der Waals surface area contributed by atoms with E-state index in [2.05, 4.69) is 20.5 Å². The number of nitrogens with zero attached hydrogens (tertiary/aromatic N) is 5. The van der Waals surface area contributed by atoms with Crippen LogP contribution in [0.5, 0.6) is 5.75 Å². The van der Waals surface area contributed by atoms with Crippen molar-refractivity contribution in [2.75, 3.05) is 12.5 Å². The molecule has 2 aromatic carbocycles. The number of benzene rings is 2. The highest BCUT2D eigenvalue weighted by molar-refractivity contribution is 5.91. The van der Waals surface area contributed by atoms with Crippen LogP contribution in [0.1, 0.15) is 18.2 Å². The van der Waals surface area contributed by atoms with Gasteiger partial charge in [0, 0.05) is 6.07 Å². The molecule has 0 amide bonds. The third-order valence-corrected chi connectivity index (χ3v) is 4.40. The number of methoxy groups -OCH3 is 1. The lowest BCUT2D eigenvalue weighted by molar-refractivity contribution is 0.414. The summed E-state index contributed by atoms with van der Waals surface area (Å²) in [6.07, 6.45) is 3.69. The minimum atomic E-state index is -0.314. The van der Waals surface area contributed by atoms with E-state index in [0.717, 1.165) is 22.5 Å². The first-order valence-corrected chi connectivity index (χ1v) is 9.11. The molecule has 0 aliphatic rings. The summed E-state index contributed by atoms with van der Waals surface area (Å²) < 4.78 is 20.4. The number of aromatic nitrogens is 4. The average Bonchev–Trinajstić information content (AvgIpc) is 3.14. The Morgan fingerprint density at radius 1 is 1.17 bits per heavy atom. The highest BCUT2D eigenvalue weighted by Crippen LogP contribution is 2.27. The maximum Gasteiger partial charge on any atom is 0.168 e. The number of halogens is 1. The Morgan fingerprint density at radius 2 is 2.03 bits per heavy atom. The van der Waals surface area contributed by atoms with Crippen LogP contribution in [-0.4, -0.2) is 33.1 Å². The fourth-order valence-corrected chi connectivity index (χ4v) is 3.03. The van der Waals surface area contributed by atoms with E-state index in [0.29, 0.717) is 23.4 Å². The summed E-state index contributed by atoms with van der Waals surface area (Å²) in [5.74, 6) is 0.955. The van der Waals surface area contributed by atoms with Crippen LogP contribution in [0.15, 0.2) is 60.0 Å². The van der Waals surface area contributed by atoms with E-state index in [-0.39, 0.29) is 5.82 Å². The molecule has 0 aliphatic carbocycles. The zero-order valence-corrected chi connectivity index (χ0v) is 16.0. The minimum Gasteiger partial charge on any atom is -0.497 e. The second-order valence-electron chi connectivity index (χ2n) is 6.26. The van der Waals surface area contributed by atoms with Crippen LogP contribution in [0, 0.1) is 5.82 Å². The van der Waals surface area contributed by atoms with Crippen LogP contribution in [0.3, 0.4) is 0 Å². The van der Waals surface area contributed by atoms with Crippen molar-refractivity contribution in [2.45, 2.75) is 13.3 Å². The molecule has 0 radical (unpaired) electrons. The third-order valence-electron chi connectivity index (χ3n) is 4.40. The van der Waals surface area contributed by atoms with Crippen LogP contribution in [-0.2, 0) is 6.42 Å². The lowest BCUT2D eigenvalue weighted by atomic mass is 10.2. The largest absolute Gasteiger partial charge is 0.497 e. The maximum absolute atomic E-state index is 13.3. The molecular formula is C21H19FN6O. The number of ether oxygens (including phenoxy) is 1.